The lowest BCUT2D eigenvalue weighted by Crippen LogP contribution is -2.31. The number of anilines is 2. The summed E-state index contributed by atoms with van der Waals surface area (Å²) < 4.78 is 2.45. The zero-order valence-electron chi connectivity index (χ0n) is 34.4. The molecule has 2 nitrogen and oxygen atoms in total. The molecule has 5 aliphatic rings. The maximum Gasteiger partial charge on any atom is 0.0560 e. The number of allylic oxidation sites excluding steroid dienone is 13. The van der Waals surface area contributed by atoms with Crippen molar-refractivity contribution in [1.29, 1.82) is 0 Å². The summed E-state index contributed by atoms with van der Waals surface area (Å²) in [6.45, 7) is 0. The van der Waals surface area contributed by atoms with Gasteiger partial charge < -0.3 is 9.47 Å². The van der Waals surface area contributed by atoms with E-state index in [-0.39, 0.29) is 12.0 Å². The number of aromatic nitrogens is 1. The molecule has 1 saturated carbocycles. The van der Waals surface area contributed by atoms with Gasteiger partial charge in [0.2, 0.25) is 0 Å². The Morgan fingerprint density at radius 3 is 2.36 bits per heavy atom. The van der Waals surface area contributed by atoms with Crippen molar-refractivity contribution in [2.24, 2.45) is 17.8 Å². The molecule has 0 N–H and O–H groups in total. The van der Waals surface area contributed by atoms with Crippen LogP contribution in [0.25, 0.3) is 61.0 Å². The normalized spacial score (nSPS) is 21.4. The lowest BCUT2D eigenvalue weighted by Gasteiger charge is -2.37. The summed E-state index contributed by atoms with van der Waals surface area (Å²) in [6, 6.07) is 47.7. The Balaban J connectivity index is 1.02. The van der Waals surface area contributed by atoms with Crippen molar-refractivity contribution in [3.8, 4) is 16.8 Å². The average Bonchev–Trinajstić information content (AvgIpc) is 3.42. The fourth-order valence-electron chi connectivity index (χ4n) is 11.1. The quantitative estimate of drug-likeness (QED) is 0.163. The van der Waals surface area contributed by atoms with Crippen molar-refractivity contribution in [2.45, 2.75) is 38.1 Å². The van der Waals surface area contributed by atoms with E-state index in [4.69, 9.17) is 0 Å². The first-order valence-corrected chi connectivity index (χ1v) is 22.3. The highest BCUT2D eigenvalue weighted by Gasteiger charge is 2.31. The van der Waals surface area contributed by atoms with Gasteiger partial charge in [-0.2, -0.15) is 0 Å². The SMILES string of the molecule is C1=CC2=CC(C=C1)C=Cc1cc(N(c3cccc(-c4c5ccccc5cc5c4c4ccccc4n5-c4ccccc4)c3)C3C=CC(C4=CC=CC5CCCCC45)=CC3)ccc12. The van der Waals surface area contributed by atoms with Gasteiger partial charge in [0.25, 0.3) is 0 Å². The minimum absolute atomic E-state index is 0.144. The molecule has 61 heavy (non-hydrogen) atoms. The van der Waals surface area contributed by atoms with Crippen LogP contribution in [0.2, 0.25) is 0 Å². The Bertz CT molecular complexity index is 3140. The predicted octanol–water partition coefficient (Wildman–Crippen LogP) is 15.5. The summed E-state index contributed by atoms with van der Waals surface area (Å²) in [4.78, 5) is 2.60. The van der Waals surface area contributed by atoms with E-state index in [1.54, 1.807) is 0 Å². The highest BCUT2D eigenvalue weighted by molar-refractivity contribution is 6.23. The molecule has 0 aliphatic heterocycles. The molecule has 4 unspecified atom stereocenters. The van der Waals surface area contributed by atoms with E-state index < -0.39 is 0 Å². The lowest BCUT2D eigenvalue weighted by molar-refractivity contribution is 0.323. The van der Waals surface area contributed by atoms with Crippen LogP contribution in [0.3, 0.4) is 0 Å². The average molecular weight is 785 g/mol. The van der Waals surface area contributed by atoms with Crippen LogP contribution >= 0.6 is 0 Å². The largest absolute Gasteiger partial charge is 0.334 e. The summed E-state index contributed by atoms with van der Waals surface area (Å²) in [5.41, 5.74) is 15.3. The fraction of sp³-hybridized carbons (Fsp3) is 0.153. The second-order valence-corrected chi connectivity index (χ2v) is 17.4. The topological polar surface area (TPSA) is 8.17 Å². The minimum atomic E-state index is 0.144. The lowest BCUT2D eigenvalue weighted by atomic mass is 9.70. The van der Waals surface area contributed by atoms with E-state index in [0.717, 1.165) is 6.42 Å². The molecule has 294 valence electrons. The van der Waals surface area contributed by atoms with Gasteiger partial charge in [-0.05, 0) is 129 Å². The van der Waals surface area contributed by atoms with E-state index >= 15 is 0 Å². The van der Waals surface area contributed by atoms with Gasteiger partial charge in [-0.25, -0.2) is 0 Å². The number of rotatable bonds is 6. The number of nitrogens with zero attached hydrogens (tertiary/aromatic N) is 2. The fourth-order valence-corrected chi connectivity index (χ4v) is 11.1. The molecule has 6 aromatic carbocycles. The molecule has 1 aromatic heterocycles. The number of benzene rings is 6. The second-order valence-electron chi connectivity index (χ2n) is 17.4. The van der Waals surface area contributed by atoms with Gasteiger partial charge >= 0.3 is 0 Å². The Morgan fingerprint density at radius 2 is 1.44 bits per heavy atom. The first-order chi connectivity index (χ1) is 30.2. The molecule has 1 heterocycles. The monoisotopic (exact) mass is 784 g/mol. The van der Waals surface area contributed by atoms with Crippen LogP contribution in [0.15, 0.2) is 211 Å². The zero-order valence-corrected chi connectivity index (χ0v) is 34.4. The van der Waals surface area contributed by atoms with Gasteiger partial charge in [0.15, 0.2) is 0 Å². The van der Waals surface area contributed by atoms with Crippen molar-refractivity contribution in [3.63, 3.8) is 0 Å². The van der Waals surface area contributed by atoms with Gasteiger partial charge in [-0.1, -0.05) is 171 Å². The molecule has 4 atom stereocenters. The molecular weight excluding hydrogens is 737 g/mol. The van der Waals surface area contributed by atoms with Crippen molar-refractivity contribution in [1.82, 2.24) is 4.57 Å². The minimum Gasteiger partial charge on any atom is -0.334 e. The van der Waals surface area contributed by atoms with E-state index in [9.17, 15) is 0 Å². The third-order valence-corrected chi connectivity index (χ3v) is 13.9. The second kappa shape index (κ2) is 15.0. The summed E-state index contributed by atoms with van der Waals surface area (Å²) in [7, 11) is 0. The molecule has 2 heteroatoms. The van der Waals surface area contributed by atoms with Gasteiger partial charge in [-0.3, -0.25) is 0 Å². The molecule has 7 aromatic rings. The van der Waals surface area contributed by atoms with Crippen molar-refractivity contribution >= 4 is 55.6 Å². The molecule has 0 saturated heterocycles. The van der Waals surface area contributed by atoms with Crippen LogP contribution in [0.1, 0.15) is 43.2 Å². The molecule has 5 aliphatic carbocycles. The van der Waals surface area contributed by atoms with Gasteiger partial charge in [0.05, 0.1) is 17.1 Å². The highest BCUT2D eigenvalue weighted by Crippen LogP contribution is 2.46. The van der Waals surface area contributed by atoms with Gasteiger partial charge in [-0.15, -0.1) is 0 Å². The summed E-state index contributed by atoms with van der Waals surface area (Å²) in [5.74, 6) is 1.61. The Labute approximate surface area is 358 Å². The van der Waals surface area contributed by atoms with Crippen molar-refractivity contribution in [3.05, 3.63) is 223 Å². The first kappa shape index (κ1) is 36.0. The molecule has 0 amide bonds. The highest BCUT2D eigenvalue weighted by atomic mass is 15.2. The van der Waals surface area contributed by atoms with Crippen LogP contribution in [0.4, 0.5) is 11.4 Å². The smallest absolute Gasteiger partial charge is 0.0560 e. The standard InChI is InChI=1S/C59H48N2/c1-2-20-47(21-3-1)61-56-27-11-10-25-55(56)59-57(61)39-44-17-7-9-24-54(44)58(59)46-19-12-22-49(38-46)60(50-34-35-51-43-16-5-4-14-40(36-43)28-29-45(51)37-50)48-32-30-42(31-33-48)53-26-13-18-41-15-6-8-23-52(41)53/h1-5,7,9-14,16-22,24-32,34-41,48,52H,6,8,15,23,33H2. The summed E-state index contributed by atoms with van der Waals surface area (Å²) >= 11 is 0. The van der Waals surface area contributed by atoms with Crippen LogP contribution < -0.4 is 4.90 Å². The van der Waals surface area contributed by atoms with Crippen LogP contribution in [0, 0.1) is 17.8 Å². The number of hydrogen-bond acceptors (Lipinski definition) is 1. The van der Waals surface area contributed by atoms with Gasteiger partial charge in [0.1, 0.15) is 0 Å². The number of hydrogen-bond donors (Lipinski definition) is 0. The van der Waals surface area contributed by atoms with E-state index in [1.165, 1.54) is 114 Å². The van der Waals surface area contributed by atoms with Gasteiger partial charge in [0, 0.05) is 33.8 Å². The van der Waals surface area contributed by atoms with E-state index in [0.29, 0.717) is 11.8 Å². The Morgan fingerprint density at radius 1 is 0.590 bits per heavy atom. The molecule has 1 fully saturated rings. The molecule has 0 radical (unpaired) electrons. The third kappa shape index (κ3) is 6.24. The molecular formula is C59H48N2. The summed E-state index contributed by atoms with van der Waals surface area (Å²) in [6.07, 6.45) is 36.8. The van der Waals surface area contributed by atoms with Crippen LogP contribution in [-0.4, -0.2) is 10.6 Å². The van der Waals surface area contributed by atoms with Crippen molar-refractivity contribution < 1.29 is 0 Å². The first-order valence-electron chi connectivity index (χ1n) is 22.3. The molecule has 2 bridgehead atoms. The number of para-hydroxylation sites is 2. The Kier molecular flexibility index (Phi) is 8.84. The number of fused-ring (bicyclic) bond motifs is 8. The van der Waals surface area contributed by atoms with E-state index in [1.807, 2.05) is 0 Å². The summed E-state index contributed by atoms with van der Waals surface area (Å²) in [5, 5.41) is 5.06. The zero-order chi connectivity index (χ0) is 40.3. The maximum absolute atomic E-state index is 2.60. The predicted molar refractivity (Wildman–Crippen MR) is 259 cm³/mol. The third-order valence-electron chi connectivity index (χ3n) is 13.9. The van der Waals surface area contributed by atoms with Crippen LogP contribution in [0.5, 0.6) is 0 Å². The maximum atomic E-state index is 2.60. The van der Waals surface area contributed by atoms with E-state index in [2.05, 4.69) is 216 Å². The molecule has 12 rings (SSSR count). The van der Waals surface area contributed by atoms with Crippen molar-refractivity contribution in [2.75, 3.05) is 4.90 Å². The molecule has 0 spiro atoms. The van der Waals surface area contributed by atoms with Crippen LogP contribution in [-0.2, 0) is 0 Å². The Hall–Kier alpha value is -6.90.